The second kappa shape index (κ2) is 9.41. The van der Waals surface area contributed by atoms with E-state index in [1.165, 1.54) is 0 Å². The molecule has 0 unspecified atom stereocenters. The molecule has 0 aromatic heterocycles. The molecule has 1 atom stereocenters. The zero-order valence-corrected chi connectivity index (χ0v) is 16.0. The minimum Gasteiger partial charge on any atom is -0.426 e. The Morgan fingerprint density at radius 2 is 1.91 bits per heavy atom. The highest BCUT2D eigenvalue weighted by Gasteiger charge is 2.26. The maximum Gasteiger partial charge on any atom is 0.475 e. The van der Waals surface area contributed by atoms with E-state index in [1.807, 2.05) is 13.8 Å². The first-order valence-corrected chi connectivity index (χ1v) is 8.68. The van der Waals surface area contributed by atoms with Gasteiger partial charge in [-0.15, -0.1) is 0 Å². The highest BCUT2D eigenvalue weighted by molar-refractivity contribution is 9.11. The smallest absolute Gasteiger partial charge is 0.426 e. The summed E-state index contributed by atoms with van der Waals surface area (Å²) < 4.78 is 1.36. The SMILES string of the molecule is CC(C)C[C@H](NC(=O)CNC(=O)c1cc(Br)ccc1Br)B(O)O. The molecular formula is C14H19BBr2N2O4. The molecular weight excluding hydrogens is 431 g/mol. The summed E-state index contributed by atoms with van der Waals surface area (Å²) in [5, 5.41) is 23.6. The Balaban J connectivity index is 2.58. The van der Waals surface area contributed by atoms with Crippen LogP contribution in [0.2, 0.25) is 0 Å². The van der Waals surface area contributed by atoms with Crippen LogP contribution in [0.1, 0.15) is 30.6 Å². The van der Waals surface area contributed by atoms with Crippen molar-refractivity contribution in [2.75, 3.05) is 6.54 Å². The van der Waals surface area contributed by atoms with Gasteiger partial charge < -0.3 is 20.7 Å². The molecule has 0 saturated heterocycles. The molecule has 0 bridgehead atoms. The van der Waals surface area contributed by atoms with Crippen molar-refractivity contribution in [3.63, 3.8) is 0 Å². The van der Waals surface area contributed by atoms with Gasteiger partial charge in [0.05, 0.1) is 18.0 Å². The van der Waals surface area contributed by atoms with Crippen molar-refractivity contribution < 1.29 is 19.6 Å². The van der Waals surface area contributed by atoms with Crippen LogP contribution in [0.25, 0.3) is 0 Å². The Morgan fingerprint density at radius 1 is 1.26 bits per heavy atom. The lowest BCUT2D eigenvalue weighted by molar-refractivity contribution is -0.120. The lowest BCUT2D eigenvalue weighted by Crippen LogP contribution is -2.50. The lowest BCUT2D eigenvalue weighted by atomic mass is 9.75. The van der Waals surface area contributed by atoms with Crippen LogP contribution in [-0.2, 0) is 4.79 Å². The summed E-state index contributed by atoms with van der Waals surface area (Å²) in [5.74, 6) is -1.46. The van der Waals surface area contributed by atoms with E-state index in [0.29, 0.717) is 16.5 Å². The third-order valence-electron chi connectivity index (χ3n) is 3.01. The first kappa shape index (κ1) is 20.2. The Labute approximate surface area is 152 Å². The molecule has 1 rings (SSSR count). The standard InChI is InChI=1S/C14H19BBr2N2O4/c1-8(2)5-12(15(22)23)19-13(20)7-18-14(21)10-6-9(16)3-4-11(10)17/h3-4,6,8,12,22-23H,5,7H2,1-2H3,(H,18,21)(H,19,20)/t12-/m0/s1. The zero-order valence-electron chi connectivity index (χ0n) is 12.8. The largest absolute Gasteiger partial charge is 0.475 e. The van der Waals surface area contributed by atoms with Crippen LogP contribution < -0.4 is 10.6 Å². The topological polar surface area (TPSA) is 98.7 Å². The first-order chi connectivity index (χ1) is 10.7. The molecule has 1 aromatic carbocycles. The Kier molecular flexibility index (Phi) is 8.25. The minimum atomic E-state index is -1.64. The molecule has 0 heterocycles. The van der Waals surface area contributed by atoms with Crippen LogP contribution in [-0.4, -0.2) is 41.5 Å². The van der Waals surface area contributed by atoms with Crippen molar-refractivity contribution in [2.45, 2.75) is 26.2 Å². The summed E-state index contributed by atoms with van der Waals surface area (Å²) in [4.78, 5) is 23.9. The van der Waals surface area contributed by atoms with Crippen molar-refractivity contribution >= 4 is 50.8 Å². The predicted octanol–water partition coefficient (Wildman–Crippen LogP) is 1.48. The normalized spacial score (nSPS) is 12.0. The van der Waals surface area contributed by atoms with Gasteiger partial charge in [0.25, 0.3) is 5.91 Å². The molecule has 0 saturated carbocycles. The molecule has 2 amide bonds. The van der Waals surface area contributed by atoms with Crippen molar-refractivity contribution in [1.82, 2.24) is 10.6 Å². The lowest BCUT2D eigenvalue weighted by Gasteiger charge is -2.19. The van der Waals surface area contributed by atoms with Gasteiger partial charge in [-0.3, -0.25) is 9.59 Å². The summed E-state index contributed by atoms with van der Waals surface area (Å²) in [6.45, 7) is 3.57. The number of carbonyl (C=O) groups is 2. The van der Waals surface area contributed by atoms with E-state index >= 15 is 0 Å². The van der Waals surface area contributed by atoms with Gasteiger partial charge in [0, 0.05) is 8.95 Å². The zero-order chi connectivity index (χ0) is 17.6. The summed E-state index contributed by atoms with van der Waals surface area (Å²) >= 11 is 6.56. The van der Waals surface area contributed by atoms with Crippen molar-refractivity contribution in [1.29, 1.82) is 0 Å². The maximum absolute atomic E-state index is 12.1. The van der Waals surface area contributed by atoms with Gasteiger partial charge in [-0.1, -0.05) is 29.8 Å². The van der Waals surface area contributed by atoms with Crippen LogP contribution in [0.4, 0.5) is 0 Å². The molecule has 0 aliphatic rings. The molecule has 9 heteroatoms. The van der Waals surface area contributed by atoms with Gasteiger partial charge in [-0.25, -0.2) is 0 Å². The van der Waals surface area contributed by atoms with E-state index in [0.717, 1.165) is 4.47 Å². The Hall–Kier alpha value is -0.895. The fourth-order valence-electron chi connectivity index (χ4n) is 1.95. The number of benzene rings is 1. The predicted molar refractivity (Wildman–Crippen MR) is 95.8 cm³/mol. The average Bonchev–Trinajstić information content (AvgIpc) is 2.46. The van der Waals surface area contributed by atoms with E-state index < -0.39 is 24.9 Å². The van der Waals surface area contributed by atoms with Gasteiger partial charge in [0.2, 0.25) is 5.91 Å². The van der Waals surface area contributed by atoms with Gasteiger partial charge in [0.1, 0.15) is 0 Å². The van der Waals surface area contributed by atoms with Crippen molar-refractivity contribution in [2.24, 2.45) is 5.92 Å². The molecule has 23 heavy (non-hydrogen) atoms. The fourth-order valence-corrected chi connectivity index (χ4v) is 2.74. The van der Waals surface area contributed by atoms with Gasteiger partial charge in [-0.2, -0.15) is 0 Å². The summed E-state index contributed by atoms with van der Waals surface area (Å²) in [7, 11) is -1.64. The molecule has 126 valence electrons. The van der Waals surface area contributed by atoms with E-state index in [9.17, 15) is 19.6 Å². The van der Waals surface area contributed by atoms with Crippen molar-refractivity contribution in [3.8, 4) is 0 Å². The Bertz CT molecular complexity index is 570. The second-order valence-electron chi connectivity index (χ2n) is 5.52. The van der Waals surface area contributed by atoms with Crippen LogP contribution in [0.5, 0.6) is 0 Å². The molecule has 0 aliphatic carbocycles. The van der Waals surface area contributed by atoms with E-state index in [4.69, 9.17) is 0 Å². The fraction of sp³-hybridized carbons (Fsp3) is 0.429. The number of halogens is 2. The van der Waals surface area contributed by atoms with Gasteiger partial charge in [-0.05, 0) is 46.5 Å². The van der Waals surface area contributed by atoms with Crippen LogP contribution in [0.3, 0.4) is 0 Å². The number of nitrogens with one attached hydrogen (secondary N) is 2. The molecule has 0 spiro atoms. The van der Waals surface area contributed by atoms with Crippen LogP contribution in [0.15, 0.2) is 27.1 Å². The second-order valence-corrected chi connectivity index (χ2v) is 7.29. The number of carbonyl (C=O) groups excluding carboxylic acids is 2. The number of amides is 2. The molecule has 4 N–H and O–H groups in total. The van der Waals surface area contributed by atoms with Gasteiger partial charge in [0.15, 0.2) is 0 Å². The minimum absolute atomic E-state index is 0.189. The summed E-state index contributed by atoms with van der Waals surface area (Å²) in [5.41, 5.74) is 0.396. The van der Waals surface area contributed by atoms with E-state index in [-0.39, 0.29) is 12.5 Å². The van der Waals surface area contributed by atoms with Gasteiger partial charge >= 0.3 is 7.12 Å². The average molecular weight is 450 g/mol. The number of rotatable bonds is 7. The van der Waals surface area contributed by atoms with E-state index in [2.05, 4.69) is 42.5 Å². The number of hydrogen-bond acceptors (Lipinski definition) is 4. The quantitative estimate of drug-likeness (QED) is 0.474. The highest BCUT2D eigenvalue weighted by Crippen LogP contribution is 2.21. The first-order valence-electron chi connectivity index (χ1n) is 7.09. The number of hydrogen-bond donors (Lipinski definition) is 4. The maximum atomic E-state index is 12.1. The molecule has 0 fully saturated rings. The molecule has 0 aliphatic heterocycles. The van der Waals surface area contributed by atoms with Crippen LogP contribution in [0, 0.1) is 5.92 Å². The molecule has 1 aromatic rings. The molecule has 6 nitrogen and oxygen atoms in total. The van der Waals surface area contributed by atoms with Crippen molar-refractivity contribution in [3.05, 3.63) is 32.7 Å². The summed E-state index contributed by atoms with van der Waals surface area (Å²) in [6.07, 6.45) is 0.425. The Morgan fingerprint density at radius 3 is 2.48 bits per heavy atom. The third kappa shape index (κ3) is 7.03. The highest BCUT2D eigenvalue weighted by atomic mass is 79.9. The summed E-state index contributed by atoms with van der Waals surface area (Å²) in [6, 6.07) is 5.14. The van der Waals surface area contributed by atoms with E-state index in [1.54, 1.807) is 18.2 Å². The molecule has 0 radical (unpaired) electrons. The van der Waals surface area contributed by atoms with Crippen LogP contribution >= 0.6 is 31.9 Å². The third-order valence-corrected chi connectivity index (χ3v) is 4.20. The monoisotopic (exact) mass is 448 g/mol.